The van der Waals surface area contributed by atoms with Gasteiger partial charge in [0, 0.05) is 18.9 Å². The largest absolute Gasteiger partial charge is 0.512 e. The first kappa shape index (κ1) is 23.6. The summed E-state index contributed by atoms with van der Waals surface area (Å²) in [7, 11) is 2.10. The van der Waals surface area contributed by atoms with Crippen molar-refractivity contribution in [2.24, 2.45) is 5.92 Å². The molecule has 0 aromatic carbocycles. The Morgan fingerprint density at radius 2 is 2.03 bits per heavy atom. The van der Waals surface area contributed by atoms with Gasteiger partial charge in [-0.05, 0) is 12.3 Å². The van der Waals surface area contributed by atoms with E-state index in [2.05, 4.69) is 28.8 Å². The Labute approximate surface area is 179 Å². The third kappa shape index (κ3) is 7.26. The van der Waals surface area contributed by atoms with Gasteiger partial charge in [-0.1, -0.05) is 46.1 Å². The molecule has 1 aliphatic rings. The molecule has 0 bridgehead atoms. The number of nitrogens with zero attached hydrogens (tertiary/aromatic N) is 3. The standard InChI is InChI=1S/C21H36N3O4S/c1-6-7-8-9-13-26-20-19(22-29-23-20)18-11-10-12-24(5,14-18)17(4)28-21(25)27-15-16(2)3/h11,16-17H,6-10,12-15H2,1-5H3/q+1. The van der Waals surface area contributed by atoms with E-state index >= 15 is 0 Å². The predicted molar refractivity (Wildman–Crippen MR) is 115 cm³/mol. The number of unbranched alkanes of at least 4 members (excludes halogenated alkanes) is 3. The van der Waals surface area contributed by atoms with Gasteiger partial charge in [-0.3, -0.25) is 4.48 Å². The lowest BCUT2D eigenvalue weighted by molar-refractivity contribution is -0.944. The number of carbonyl (C=O) groups is 1. The molecule has 0 spiro atoms. The Morgan fingerprint density at radius 1 is 1.24 bits per heavy atom. The molecule has 0 saturated heterocycles. The van der Waals surface area contributed by atoms with E-state index in [1.807, 2.05) is 20.8 Å². The topological polar surface area (TPSA) is 70.5 Å². The number of likely N-dealkylation sites (N-methyl/N-ethyl adjacent to an activating group) is 1. The SMILES string of the molecule is CCCCCCOc1nsnc1C1=CCC[N+](C)(C(C)OC(=O)OCC(C)C)C1. The molecule has 1 aliphatic heterocycles. The zero-order valence-corrected chi connectivity index (χ0v) is 19.3. The third-order valence-electron chi connectivity index (χ3n) is 5.24. The number of ether oxygens (including phenoxy) is 3. The summed E-state index contributed by atoms with van der Waals surface area (Å²) in [4.78, 5) is 12.0. The highest BCUT2D eigenvalue weighted by molar-refractivity contribution is 6.99. The van der Waals surface area contributed by atoms with E-state index in [4.69, 9.17) is 14.2 Å². The molecule has 164 valence electrons. The molecule has 1 aromatic heterocycles. The minimum atomic E-state index is -0.604. The highest BCUT2D eigenvalue weighted by Gasteiger charge is 2.37. The normalized spacial score (nSPS) is 20.3. The van der Waals surface area contributed by atoms with E-state index in [1.54, 1.807) is 0 Å². The summed E-state index contributed by atoms with van der Waals surface area (Å²) < 4.78 is 26.1. The van der Waals surface area contributed by atoms with Gasteiger partial charge in [0.1, 0.15) is 12.2 Å². The number of quaternary nitrogens is 1. The molecule has 0 saturated carbocycles. The van der Waals surface area contributed by atoms with Crippen molar-refractivity contribution in [3.63, 3.8) is 0 Å². The maximum atomic E-state index is 12.0. The van der Waals surface area contributed by atoms with Crippen LogP contribution < -0.4 is 4.74 Å². The van der Waals surface area contributed by atoms with Crippen LogP contribution in [0.4, 0.5) is 4.79 Å². The predicted octanol–water partition coefficient (Wildman–Crippen LogP) is 4.89. The summed E-state index contributed by atoms with van der Waals surface area (Å²) in [6.45, 7) is 10.7. The number of carbonyl (C=O) groups excluding carboxylic acids is 1. The van der Waals surface area contributed by atoms with Gasteiger partial charge >= 0.3 is 6.16 Å². The fourth-order valence-corrected chi connectivity index (χ4v) is 3.78. The minimum Gasteiger partial charge on any atom is -0.475 e. The summed E-state index contributed by atoms with van der Waals surface area (Å²) in [5, 5.41) is 0. The quantitative estimate of drug-likeness (QED) is 0.285. The number of aromatic nitrogens is 2. The lowest BCUT2D eigenvalue weighted by Gasteiger charge is -2.41. The van der Waals surface area contributed by atoms with Gasteiger partial charge in [0.05, 0.1) is 38.5 Å². The molecule has 0 N–H and O–H groups in total. The van der Waals surface area contributed by atoms with E-state index < -0.39 is 6.16 Å². The third-order valence-corrected chi connectivity index (χ3v) is 5.75. The van der Waals surface area contributed by atoms with E-state index in [-0.39, 0.29) is 12.1 Å². The second-order valence-corrected chi connectivity index (χ2v) is 8.91. The molecule has 0 radical (unpaired) electrons. The summed E-state index contributed by atoms with van der Waals surface area (Å²) in [5.41, 5.74) is 1.92. The number of rotatable bonds is 11. The fraction of sp³-hybridized carbons (Fsp3) is 0.762. The van der Waals surface area contributed by atoms with Crippen LogP contribution in [-0.4, -0.2) is 59.0 Å². The molecule has 0 amide bonds. The van der Waals surface area contributed by atoms with Crippen molar-refractivity contribution in [1.29, 1.82) is 0 Å². The Kier molecular flexibility index (Phi) is 9.36. The van der Waals surface area contributed by atoms with Gasteiger partial charge in [0.2, 0.25) is 6.23 Å². The molecule has 2 rings (SSSR count). The van der Waals surface area contributed by atoms with Crippen molar-refractivity contribution in [1.82, 2.24) is 8.75 Å². The van der Waals surface area contributed by atoms with Crippen LogP contribution in [0, 0.1) is 5.92 Å². The van der Waals surface area contributed by atoms with Crippen LogP contribution in [0.25, 0.3) is 5.57 Å². The van der Waals surface area contributed by atoms with Gasteiger partial charge in [-0.2, -0.15) is 4.37 Å². The maximum Gasteiger partial charge on any atom is 0.512 e. The zero-order valence-electron chi connectivity index (χ0n) is 18.5. The first-order chi connectivity index (χ1) is 13.9. The molecule has 2 unspecified atom stereocenters. The van der Waals surface area contributed by atoms with E-state index in [0.717, 1.165) is 30.7 Å². The van der Waals surface area contributed by atoms with Gasteiger partial charge in [-0.25, -0.2) is 4.79 Å². The Hall–Kier alpha value is -1.67. The second kappa shape index (κ2) is 11.5. The summed E-state index contributed by atoms with van der Waals surface area (Å²) in [6.07, 6.45) is 6.79. The molecular weight excluding hydrogens is 390 g/mol. The summed E-state index contributed by atoms with van der Waals surface area (Å²) in [5.74, 6) is 0.904. The monoisotopic (exact) mass is 426 g/mol. The minimum absolute atomic E-state index is 0.282. The smallest absolute Gasteiger partial charge is 0.475 e. The van der Waals surface area contributed by atoms with Crippen LogP contribution in [0.1, 0.15) is 65.5 Å². The molecule has 29 heavy (non-hydrogen) atoms. The molecule has 2 atom stereocenters. The summed E-state index contributed by atoms with van der Waals surface area (Å²) >= 11 is 1.18. The lowest BCUT2D eigenvalue weighted by Crippen LogP contribution is -2.55. The molecule has 0 fully saturated rings. The van der Waals surface area contributed by atoms with Crippen molar-refractivity contribution >= 4 is 23.5 Å². The van der Waals surface area contributed by atoms with Crippen molar-refractivity contribution in [3.8, 4) is 5.88 Å². The van der Waals surface area contributed by atoms with E-state index in [0.29, 0.717) is 30.1 Å². The van der Waals surface area contributed by atoms with E-state index in [1.165, 1.54) is 31.0 Å². The highest BCUT2D eigenvalue weighted by atomic mass is 32.1. The van der Waals surface area contributed by atoms with Crippen molar-refractivity contribution in [3.05, 3.63) is 11.8 Å². The van der Waals surface area contributed by atoms with Gasteiger partial charge in [0.15, 0.2) is 0 Å². The van der Waals surface area contributed by atoms with Gasteiger partial charge in [0.25, 0.3) is 5.88 Å². The molecule has 7 nitrogen and oxygen atoms in total. The fourth-order valence-electron chi connectivity index (χ4n) is 3.25. The Bertz CT molecular complexity index is 677. The lowest BCUT2D eigenvalue weighted by atomic mass is 10.0. The number of hydrogen-bond donors (Lipinski definition) is 0. The van der Waals surface area contributed by atoms with Crippen LogP contribution in [0.15, 0.2) is 6.08 Å². The number of hydrogen-bond acceptors (Lipinski definition) is 7. The maximum absolute atomic E-state index is 12.0. The average Bonchev–Trinajstić information content (AvgIpc) is 3.15. The molecule has 2 heterocycles. The first-order valence-electron chi connectivity index (χ1n) is 10.7. The molecule has 1 aromatic rings. The van der Waals surface area contributed by atoms with E-state index in [9.17, 15) is 4.79 Å². The van der Waals surface area contributed by atoms with Crippen LogP contribution in [0.3, 0.4) is 0 Å². The first-order valence-corrected chi connectivity index (χ1v) is 11.4. The van der Waals surface area contributed by atoms with Crippen molar-refractivity contribution in [2.75, 3.05) is 33.4 Å². The van der Waals surface area contributed by atoms with Crippen LogP contribution in [0.2, 0.25) is 0 Å². The van der Waals surface area contributed by atoms with Gasteiger partial charge in [-0.15, -0.1) is 4.37 Å². The highest BCUT2D eigenvalue weighted by Crippen LogP contribution is 2.31. The Balaban J connectivity index is 1.95. The summed E-state index contributed by atoms with van der Waals surface area (Å²) in [6, 6.07) is 0. The van der Waals surface area contributed by atoms with Gasteiger partial charge < -0.3 is 14.2 Å². The Morgan fingerprint density at radius 3 is 2.76 bits per heavy atom. The van der Waals surface area contributed by atoms with Crippen molar-refractivity contribution in [2.45, 2.75) is 66.0 Å². The van der Waals surface area contributed by atoms with Crippen molar-refractivity contribution < 1.29 is 23.5 Å². The molecule has 0 aliphatic carbocycles. The van der Waals surface area contributed by atoms with Crippen LogP contribution >= 0.6 is 11.7 Å². The molecule has 8 heteroatoms. The molecular formula is C21H36N3O4S+. The van der Waals surface area contributed by atoms with Crippen LogP contribution in [0.5, 0.6) is 5.88 Å². The average molecular weight is 427 g/mol. The second-order valence-electron chi connectivity index (χ2n) is 8.38. The van der Waals surface area contributed by atoms with Crippen LogP contribution in [-0.2, 0) is 9.47 Å². The zero-order chi connectivity index (χ0) is 21.3.